The molecule has 0 spiro atoms. The van der Waals surface area contributed by atoms with Gasteiger partial charge in [0.25, 0.3) is 0 Å². The van der Waals surface area contributed by atoms with Crippen molar-refractivity contribution in [2.75, 3.05) is 0 Å². The van der Waals surface area contributed by atoms with Gasteiger partial charge in [-0.15, -0.1) is 0 Å². The van der Waals surface area contributed by atoms with Crippen LogP contribution in [-0.4, -0.2) is 16.1 Å². The molecular formula is C15H17F3N4. The molecular weight excluding hydrogens is 293 g/mol. The van der Waals surface area contributed by atoms with Crippen LogP contribution in [0.4, 0.5) is 13.2 Å². The molecule has 0 unspecified atom stereocenters. The standard InChI is InChI=1S/C15H17F3N4/c1-13(2,3)12-8-21-11(7-22-12)6-14(9-19,10-20)4-5-15(16,17)18/h7-8H,4-6H2,1-3H3. The molecule has 22 heavy (non-hydrogen) atoms. The molecule has 0 aliphatic heterocycles. The van der Waals surface area contributed by atoms with Crippen LogP contribution >= 0.6 is 0 Å². The highest BCUT2D eigenvalue weighted by atomic mass is 19.4. The van der Waals surface area contributed by atoms with Crippen LogP contribution in [0.5, 0.6) is 0 Å². The van der Waals surface area contributed by atoms with Gasteiger partial charge in [-0.2, -0.15) is 23.7 Å². The van der Waals surface area contributed by atoms with E-state index in [4.69, 9.17) is 10.5 Å². The smallest absolute Gasteiger partial charge is 0.258 e. The Bertz CT molecular complexity index is 572. The molecule has 118 valence electrons. The van der Waals surface area contributed by atoms with Crippen molar-refractivity contribution in [2.24, 2.45) is 5.41 Å². The Morgan fingerprint density at radius 2 is 1.59 bits per heavy atom. The minimum atomic E-state index is -4.40. The molecule has 1 rings (SSSR count). The number of aromatic nitrogens is 2. The summed E-state index contributed by atoms with van der Waals surface area (Å²) in [6, 6.07) is 3.40. The van der Waals surface area contributed by atoms with Crippen LogP contribution in [0.15, 0.2) is 12.4 Å². The van der Waals surface area contributed by atoms with Gasteiger partial charge in [0.15, 0.2) is 0 Å². The Hall–Kier alpha value is -2.15. The van der Waals surface area contributed by atoms with E-state index in [2.05, 4.69) is 9.97 Å². The Balaban J connectivity index is 2.93. The molecule has 1 heterocycles. The van der Waals surface area contributed by atoms with Crippen molar-refractivity contribution in [3.8, 4) is 12.1 Å². The second-order valence-electron chi connectivity index (χ2n) is 6.24. The molecule has 0 N–H and O–H groups in total. The second kappa shape index (κ2) is 6.31. The first-order valence-electron chi connectivity index (χ1n) is 6.72. The summed E-state index contributed by atoms with van der Waals surface area (Å²) < 4.78 is 37.0. The molecule has 0 atom stereocenters. The molecule has 0 bridgehead atoms. The van der Waals surface area contributed by atoms with Crippen molar-refractivity contribution >= 4 is 0 Å². The zero-order valence-corrected chi connectivity index (χ0v) is 12.7. The van der Waals surface area contributed by atoms with E-state index in [0.717, 1.165) is 5.69 Å². The molecule has 0 amide bonds. The third-order valence-electron chi connectivity index (χ3n) is 3.22. The van der Waals surface area contributed by atoms with Gasteiger partial charge < -0.3 is 0 Å². The number of halogens is 3. The summed E-state index contributed by atoms with van der Waals surface area (Å²) >= 11 is 0. The predicted octanol–water partition coefficient (Wildman–Crippen LogP) is 3.69. The van der Waals surface area contributed by atoms with Crippen LogP contribution in [0.3, 0.4) is 0 Å². The van der Waals surface area contributed by atoms with E-state index in [1.807, 2.05) is 20.8 Å². The second-order valence-corrected chi connectivity index (χ2v) is 6.24. The minimum Gasteiger partial charge on any atom is -0.258 e. The number of nitrogens with zero attached hydrogens (tertiary/aromatic N) is 4. The normalized spacial score (nSPS) is 12.5. The van der Waals surface area contributed by atoms with Crippen LogP contribution in [-0.2, 0) is 11.8 Å². The lowest BCUT2D eigenvalue weighted by Crippen LogP contribution is -2.24. The Morgan fingerprint density at radius 1 is 1.00 bits per heavy atom. The number of hydrogen-bond acceptors (Lipinski definition) is 4. The zero-order valence-electron chi connectivity index (χ0n) is 12.7. The van der Waals surface area contributed by atoms with Gasteiger partial charge in [0, 0.05) is 30.7 Å². The molecule has 0 saturated heterocycles. The topological polar surface area (TPSA) is 73.4 Å². The average Bonchev–Trinajstić information content (AvgIpc) is 2.42. The van der Waals surface area contributed by atoms with E-state index < -0.39 is 24.4 Å². The largest absolute Gasteiger partial charge is 0.389 e. The fourth-order valence-corrected chi connectivity index (χ4v) is 1.80. The third kappa shape index (κ3) is 5.00. The summed E-state index contributed by atoms with van der Waals surface area (Å²) in [7, 11) is 0. The van der Waals surface area contributed by atoms with E-state index >= 15 is 0 Å². The highest BCUT2D eigenvalue weighted by Gasteiger charge is 2.37. The number of alkyl halides is 3. The van der Waals surface area contributed by atoms with Gasteiger partial charge in [-0.05, 0) is 6.42 Å². The van der Waals surface area contributed by atoms with Crippen molar-refractivity contribution in [2.45, 2.75) is 51.6 Å². The molecule has 1 aromatic heterocycles. The SMILES string of the molecule is CC(C)(C)c1cnc(CC(C#N)(C#N)CCC(F)(F)F)cn1. The summed E-state index contributed by atoms with van der Waals surface area (Å²) in [6.07, 6.45) is -3.39. The van der Waals surface area contributed by atoms with Crippen LogP contribution < -0.4 is 0 Å². The van der Waals surface area contributed by atoms with Crippen LogP contribution in [0.2, 0.25) is 0 Å². The monoisotopic (exact) mass is 310 g/mol. The maximum absolute atomic E-state index is 12.3. The Morgan fingerprint density at radius 3 is 1.95 bits per heavy atom. The summed E-state index contributed by atoms with van der Waals surface area (Å²) in [5.74, 6) is 0. The Labute approximate surface area is 127 Å². The third-order valence-corrected chi connectivity index (χ3v) is 3.22. The molecule has 0 radical (unpaired) electrons. The quantitative estimate of drug-likeness (QED) is 0.850. The molecule has 0 aromatic carbocycles. The minimum absolute atomic E-state index is 0.173. The van der Waals surface area contributed by atoms with Crippen molar-refractivity contribution in [3.63, 3.8) is 0 Å². The van der Waals surface area contributed by atoms with Gasteiger partial charge in [-0.3, -0.25) is 9.97 Å². The van der Waals surface area contributed by atoms with Crippen molar-refractivity contribution in [1.82, 2.24) is 9.97 Å². The van der Waals surface area contributed by atoms with Gasteiger partial charge in [0.05, 0.1) is 23.5 Å². The van der Waals surface area contributed by atoms with Crippen molar-refractivity contribution < 1.29 is 13.2 Å². The average molecular weight is 310 g/mol. The fraction of sp³-hybridized carbons (Fsp3) is 0.600. The van der Waals surface area contributed by atoms with E-state index in [-0.39, 0.29) is 11.8 Å². The van der Waals surface area contributed by atoms with Crippen molar-refractivity contribution in [1.29, 1.82) is 10.5 Å². The molecule has 0 fully saturated rings. The van der Waals surface area contributed by atoms with Gasteiger partial charge in [-0.25, -0.2) is 0 Å². The maximum atomic E-state index is 12.3. The first-order valence-corrected chi connectivity index (χ1v) is 6.72. The van der Waals surface area contributed by atoms with Gasteiger partial charge in [0.1, 0.15) is 5.41 Å². The van der Waals surface area contributed by atoms with E-state index in [9.17, 15) is 13.2 Å². The van der Waals surface area contributed by atoms with Gasteiger partial charge in [-0.1, -0.05) is 20.8 Å². The molecule has 0 saturated carbocycles. The highest BCUT2D eigenvalue weighted by Crippen LogP contribution is 2.32. The first kappa shape index (κ1) is 17.9. The maximum Gasteiger partial charge on any atom is 0.389 e. The summed E-state index contributed by atoms with van der Waals surface area (Å²) in [5.41, 5.74) is -0.888. The number of rotatable bonds is 4. The summed E-state index contributed by atoms with van der Waals surface area (Å²) in [4.78, 5) is 8.33. The summed E-state index contributed by atoms with van der Waals surface area (Å²) in [5, 5.41) is 18.3. The molecule has 0 aliphatic rings. The van der Waals surface area contributed by atoms with Crippen LogP contribution in [0.25, 0.3) is 0 Å². The number of nitriles is 2. The van der Waals surface area contributed by atoms with Crippen LogP contribution in [0, 0.1) is 28.1 Å². The lowest BCUT2D eigenvalue weighted by Gasteiger charge is -2.20. The van der Waals surface area contributed by atoms with E-state index in [0.29, 0.717) is 5.69 Å². The van der Waals surface area contributed by atoms with Gasteiger partial charge in [0.2, 0.25) is 0 Å². The van der Waals surface area contributed by atoms with Crippen molar-refractivity contribution in [3.05, 3.63) is 23.8 Å². The Kier molecular flexibility index (Phi) is 5.13. The summed E-state index contributed by atoms with van der Waals surface area (Å²) in [6.45, 7) is 5.86. The highest BCUT2D eigenvalue weighted by molar-refractivity contribution is 5.20. The van der Waals surface area contributed by atoms with Crippen LogP contribution in [0.1, 0.15) is 45.0 Å². The molecule has 1 aromatic rings. The lowest BCUT2D eigenvalue weighted by atomic mass is 9.82. The number of hydrogen-bond donors (Lipinski definition) is 0. The molecule has 0 aliphatic carbocycles. The van der Waals surface area contributed by atoms with Gasteiger partial charge >= 0.3 is 6.18 Å². The first-order chi connectivity index (χ1) is 10.0. The lowest BCUT2D eigenvalue weighted by molar-refractivity contribution is -0.138. The van der Waals surface area contributed by atoms with E-state index in [1.165, 1.54) is 12.4 Å². The fourth-order valence-electron chi connectivity index (χ4n) is 1.80. The van der Waals surface area contributed by atoms with E-state index in [1.54, 1.807) is 12.1 Å². The predicted molar refractivity (Wildman–Crippen MR) is 73.4 cm³/mol. The molecule has 7 heteroatoms. The zero-order chi connectivity index (χ0) is 17.0. The molecule has 4 nitrogen and oxygen atoms in total.